The predicted octanol–water partition coefficient (Wildman–Crippen LogP) is 6.33. The van der Waals surface area contributed by atoms with Crippen LogP contribution in [0.15, 0.2) is 54.7 Å². The fraction of sp³-hybridized carbons (Fsp3) is 0.273. The van der Waals surface area contributed by atoms with E-state index in [0.717, 1.165) is 18.2 Å². The summed E-state index contributed by atoms with van der Waals surface area (Å²) in [5.74, 6) is 0.267. The summed E-state index contributed by atoms with van der Waals surface area (Å²) in [5, 5.41) is 5.69. The number of rotatable bonds is 7. The van der Waals surface area contributed by atoms with E-state index in [2.05, 4.69) is 20.6 Å². The number of ether oxygens (including phenoxy) is 1. The number of halogens is 3. The topological polar surface area (TPSA) is 59.1 Å². The first-order valence-electron chi connectivity index (χ1n) is 9.58. The number of anilines is 4. The molecule has 0 unspecified atom stereocenters. The highest BCUT2D eigenvalue weighted by Crippen LogP contribution is 2.35. The van der Waals surface area contributed by atoms with Gasteiger partial charge < -0.3 is 15.4 Å². The number of nitrogens with one attached hydrogen (secondary N) is 2. The van der Waals surface area contributed by atoms with Crippen LogP contribution in [-0.2, 0) is 12.6 Å². The molecule has 3 aromatic rings. The van der Waals surface area contributed by atoms with Crippen LogP contribution in [0.5, 0.6) is 5.75 Å². The lowest BCUT2D eigenvalue weighted by molar-refractivity contribution is -0.137. The molecule has 0 amide bonds. The zero-order valence-corrected chi connectivity index (χ0v) is 16.9. The lowest BCUT2D eigenvalue weighted by atomic mass is 10.1. The van der Waals surface area contributed by atoms with Crippen molar-refractivity contribution in [2.45, 2.75) is 39.5 Å². The second kappa shape index (κ2) is 9.02. The highest BCUT2D eigenvalue weighted by molar-refractivity contribution is 5.64. The molecule has 2 aromatic carbocycles. The smallest absolute Gasteiger partial charge is 0.421 e. The van der Waals surface area contributed by atoms with Crippen molar-refractivity contribution in [3.05, 3.63) is 65.9 Å². The number of benzene rings is 2. The second-order valence-electron chi connectivity index (χ2n) is 6.95. The molecule has 2 N–H and O–H groups in total. The number of hydrogen-bond donors (Lipinski definition) is 2. The standard InChI is InChI=1S/C22H23F3N4O/c1-4-15-8-10-16(11-9-15)28-21-26-13-19(22(23,24)25)20(29-21)27-17-6-5-7-18(12-17)30-14(2)3/h5-14H,4H2,1-3H3,(H2,26,27,28,29). The summed E-state index contributed by atoms with van der Waals surface area (Å²) in [6, 6.07) is 14.2. The van der Waals surface area contributed by atoms with E-state index in [4.69, 9.17) is 4.74 Å². The molecule has 0 fully saturated rings. The molecule has 8 heteroatoms. The summed E-state index contributed by atoms with van der Waals surface area (Å²) < 4.78 is 46.0. The Morgan fingerprint density at radius 3 is 2.37 bits per heavy atom. The molecular weight excluding hydrogens is 393 g/mol. The predicted molar refractivity (Wildman–Crippen MR) is 112 cm³/mol. The van der Waals surface area contributed by atoms with Crippen molar-refractivity contribution in [2.24, 2.45) is 0 Å². The molecule has 0 radical (unpaired) electrons. The van der Waals surface area contributed by atoms with Crippen LogP contribution in [0.2, 0.25) is 0 Å². The third-order valence-corrected chi connectivity index (χ3v) is 4.18. The Morgan fingerprint density at radius 1 is 1.00 bits per heavy atom. The average molecular weight is 416 g/mol. The minimum atomic E-state index is -4.60. The first-order chi connectivity index (χ1) is 14.2. The van der Waals surface area contributed by atoms with Gasteiger partial charge in [0.15, 0.2) is 0 Å². The summed E-state index contributed by atoms with van der Waals surface area (Å²) in [5.41, 5.74) is 1.31. The first kappa shape index (κ1) is 21.4. The van der Waals surface area contributed by atoms with Crippen molar-refractivity contribution in [3.8, 4) is 5.75 Å². The molecule has 0 aliphatic rings. The maximum absolute atomic E-state index is 13.5. The van der Waals surface area contributed by atoms with E-state index in [0.29, 0.717) is 17.1 Å². The van der Waals surface area contributed by atoms with Crippen LogP contribution in [0.25, 0.3) is 0 Å². The van der Waals surface area contributed by atoms with Crippen LogP contribution in [0.4, 0.5) is 36.3 Å². The Hall–Kier alpha value is -3.29. The van der Waals surface area contributed by atoms with Crippen LogP contribution >= 0.6 is 0 Å². The Kier molecular flexibility index (Phi) is 6.44. The van der Waals surface area contributed by atoms with E-state index in [9.17, 15) is 13.2 Å². The summed E-state index contributed by atoms with van der Waals surface area (Å²) in [4.78, 5) is 7.90. The van der Waals surface area contributed by atoms with Gasteiger partial charge in [-0.3, -0.25) is 0 Å². The van der Waals surface area contributed by atoms with Crippen molar-refractivity contribution < 1.29 is 17.9 Å². The quantitative estimate of drug-likeness (QED) is 0.471. The van der Waals surface area contributed by atoms with Crippen LogP contribution in [0, 0.1) is 0 Å². The first-order valence-corrected chi connectivity index (χ1v) is 9.58. The molecule has 0 aliphatic heterocycles. The number of hydrogen-bond acceptors (Lipinski definition) is 5. The largest absolute Gasteiger partial charge is 0.491 e. The molecular formula is C22H23F3N4O. The lowest BCUT2D eigenvalue weighted by Gasteiger charge is -2.16. The van der Waals surface area contributed by atoms with Crippen LogP contribution < -0.4 is 15.4 Å². The Bertz CT molecular complexity index is 988. The van der Waals surface area contributed by atoms with Crippen LogP contribution in [-0.4, -0.2) is 16.1 Å². The van der Waals surface area contributed by atoms with Gasteiger partial charge in [0.25, 0.3) is 0 Å². The minimum Gasteiger partial charge on any atom is -0.491 e. The van der Waals surface area contributed by atoms with Gasteiger partial charge in [-0.05, 0) is 50.1 Å². The SMILES string of the molecule is CCc1ccc(Nc2ncc(C(F)(F)F)c(Nc3cccc(OC(C)C)c3)n2)cc1. The maximum atomic E-state index is 13.5. The highest BCUT2D eigenvalue weighted by Gasteiger charge is 2.35. The van der Waals surface area contributed by atoms with E-state index in [1.54, 1.807) is 24.3 Å². The molecule has 1 heterocycles. The molecule has 158 valence electrons. The van der Waals surface area contributed by atoms with Gasteiger partial charge in [0.1, 0.15) is 17.1 Å². The summed E-state index contributed by atoms with van der Waals surface area (Å²) in [6.45, 7) is 5.79. The third-order valence-electron chi connectivity index (χ3n) is 4.18. The molecule has 0 saturated carbocycles. The Labute approximate surface area is 173 Å². The summed E-state index contributed by atoms with van der Waals surface area (Å²) in [6.07, 6.45) is -2.99. The number of aromatic nitrogens is 2. The average Bonchev–Trinajstić information content (AvgIpc) is 2.67. The molecule has 0 saturated heterocycles. The van der Waals surface area contributed by atoms with Gasteiger partial charge in [0, 0.05) is 23.6 Å². The zero-order valence-electron chi connectivity index (χ0n) is 16.9. The molecule has 1 aromatic heterocycles. The van der Waals surface area contributed by atoms with Crippen molar-refractivity contribution in [1.29, 1.82) is 0 Å². The second-order valence-corrected chi connectivity index (χ2v) is 6.95. The minimum absolute atomic E-state index is 0.0556. The molecule has 0 spiro atoms. The van der Waals surface area contributed by atoms with E-state index in [-0.39, 0.29) is 17.9 Å². The van der Waals surface area contributed by atoms with Gasteiger partial charge in [-0.2, -0.15) is 18.2 Å². The third kappa shape index (κ3) is 5.62. The van der Waals surface area contributed by atoms with Crippen LogP contribution in [0.3, 0.4) is 0 Å². The van der Waals surface area contributed by atoms with E-state index in [1.807, 2.05) is 45.0 Å². The Morgan fingerprint density at radius 2 is 1.73 bits per heavy atom. The maximum Gasteiger partial charge on any atom is 0.421 e. The van der Waals surface area contributed by atoms with Gasteiger partial charge in [-0.25, -0.2) is 4.98 Å². The molecule has 0 bridgehead atoms. The lowest BCUT2D eigenvalue weighted by Crippen LogP contribution is -2.12. The van der Waals surface area contributed by atoms with Gasteiger partial charge in [-0.1, -0.05) is 25.1 Å². The highest BCUT2D eigenvalue weighted by atomic mass is 19.4. The molecule has 0 aliphatic carbocycles. The van der Waals surface area contributed by atoms with E-state index < -0.39 is 11.7 Å². The van der Waals surface area contributed by atoms with Gasteiger partial charge in [0.05, 0.1) is 6.10 Å². The summed E-state index contributed by atoms with van der Waals surface area (Å²) in [7, 11) is 0. The monoisotopic (exact) mass is 416 g/mol. The molecule has 3 rings (SSSR count). The molecule has 30 heavy (non-hydrogen) atoms. The van der Waals surface area contributed by atoms with Crippen molar-refractivity contribution in [1.82, 2.24) is 9.97 Å². The number of aryl methyl sites for hydroxylation is 1. The Balaban J connectivity index is 1.89. The molecule has 5 nitrogen and oxygen atoms in total. The normalized spacial score (nSPS) is 11.4. The van der Waals surface area contributed by atoms with Gasteiger partial charge in [0.2, 0.25) is 5.95 Å². The van der Waals surface area contributed by atoms with Crippen LogP contribution in [0.1, 0.15) is 31.9 Å². The number of nitrogens with zero attached hydrogens (tertiary/aromatic N) is 2. The van der Waals surface area contributed by atoms with Crippen molar-refractivity contribution >= 4 is 23.1 Å². The van der Waals surface area contributed by atoms with Gasteiger partial charge >= 0.3 is 6.18 Å². The van der Waals surface area contributed by atoms with E-state index in [1.165, 1.54) is 0 Å². The fourth-order valence-electron chi connectivity index (χ4n) is 2.75. The van der Waals surface area contributed by atoms with Crippen molar-refractivity contribution in [3.63, 3.8) is 0 Å². The zero-order chi connectivity index (χ0) is 21.7. The molecule has 0 atom stereocenters. The van der Waals surface area contributed by atoms with Crippen molar-refractivity contribution in [2.75, 3.05) is 10.6 Å². The number of alkyl halides is 3. The van der Waals surface area contributed by atoms with E-state index >= 15 is 0 Å². The fourth-order valence-corrected chi connectivity index (χ4v) is 2.75. The summed E-state index contributed by atoms with van der Waals surface area (Å²) >= 11 is 0. The van der Waals surface area contributed by atoms with Gasteiger partial charge in [-0.15, -0.1) is 0 Å².